The van der Waals surface area contributed by atoms with Crippen LogP contribution in [-0.4, -0.2) is 68.7 Å². The van der Waals surface area contributed by atoms with Crippen LogP contribution in [0.5, 0.6) is 0 Å². The third-order valence-electron chi connectivity index (χ3n) is 6.16. The second-order valence-electron chi connectivity index (χ2n) is 8.30. The van der Waals surface area contributed by atoms with Crippen molar-refractivity contribution in [2.24, 2.45) is 0 Å². The molecule has 0 aromatic carbocycles. The molecule has 1 aliphatic carbocycles. The molecule has 1 saturated heterocycles. The van der Waals surface area contributed by atoms with E-state index in [0.717, 1.165) is 44.5 Å². The van der Waals surface area contributed by atoms with E-state index in [4.69, 9.17) is 4.42 Å². The molecule has 5 rings (SSSR count). The van der Waals surface area contributed by atoms with Gasteiger partial charge in [-0.1, -0.05) is 0 Å². The van der Waals surface area contributed by atoms with Crippen molar-refractivity contribution < 1.29 is 9.21 Å². The maximum Gasteiger partial charge on any atom is 0.257 e. The van der Waals surface area contributed by atoms with Crippen LogP contribution in [0, 0.1) is 0 Å². The molecule has 1 aliphatic heterocycles. The van der Waals surface area contributed by atoms with Crippen LogP contribution >= 0.6 is 0 Å². The van der Waals surface area contributed by atoms with E-state index >= 15 is 0 Å². The molecule has 1 amide bonds. The topological polar surface area (TPSA) is 80.3 Å². The van der Waals surface area contributed by atoms with Gasteiger partial charge in [0.2, 0.25) is 0 Å². The molecule has 0 bridgehead atoms. The maximum absolute atomic E-state index is 13.4. The monoisotopic (exact) mass is 406 g/mol. The minimum atomic E-state index is 0.0416. The Morgan fingerprint density at radius 1 is 1.20 bits per heavy atom. The average Bonchev–Trinajstić information content (AvgIpc) is 3.28. The summed E-state index contributed by atoms with van der Waals surface area (Å²) < 4.78 is 7.20. The first kappa shape index (κ1) is 19.0. The van der Waals surface area contributed by atoms with E-state index in [0.29, 0.717) is 28.9 Å². The molecule has 2 aliphatic rings. The Labute approximate surface area is 175 Å². The van der Waals surface area contributed by atoms with Crippen LogP contribution in [0.1, 0.15) is 47.7 Å². The average molecular weight is 406 g/mol. The zero-order valence-corrected chi connectivity index (χ0v) is 17.4. The molecule has 30 heavy (non-hydrogen) atoms. The lowest BCUT2D eigenvalue weighted by Crippen LogP contribution is -2.44. The number of furan rings is 1. The molecule has 8 heteroatoms. The fraction of sp³-hybridized carbons (Fsp3) is 0.455. The number of nitrogens with zero attached hydrogens (tertiary/aromatic N) is 6. The maximum atomic E-state index is 13.4. The van der Waals surface area contributed by atoms with Crippen LogP contribution in [0.4, 0.5) is 0 Å². The summed E-state index contributed by atoms with van der Waals surface area (Å²) in [7, 11) is 4.05. The van der Waals surface area contributed by atoms with E-state index in [9.17, 15) is 4.79 Å². The summed E-state index contributed by atoms with van der Waals surface area (Å²) in [5.74, 6) is 1.51. The van der Waals surface area contributed by atoms with Gasteiger partial charge in [0.1, 0.15) is 5.69 Å². The third kappa shape index (κ3) is 3.52. The lowest BCUT2D eigenvalue weighted by Gasteiger charge is -2.35. The first-order valence-corrected chi connectivity index (χ1v) is 10.5. The van der Waals surface area contributed by atoms with Crippen molar-refractivity contribution in [1.82, 2.24) is 29.5 Å². The van der Waals surface area contributed by atoms with E-state index in [1.54, 1.807) is 23.3 Å². The van der Waals surface area contributed by atoms with E-state index in [2.05, 4.69) is 27.0 Å². The summed E-state index contributed by atoms with van der Waals surface area (Å²) in [6.07, 6.45) is 9.12. The Hall–Kier alpha value is -3.00. The Balaban J connectivity index is 1.46. The van der Waals surface area contributed by atoms with Crippen molar-refractivity contribution in [3.63, 3.8) is 0 Å². The van der Waals surface area contributed by atoms with Crippen LogP contribution < -0.4 is 0 Å². The van der Waals surface area contributed by atoms with E-state index < -0.39 is 0 Å². The lowest BCUT2D eigenvalue weighted by atomic mass is 10.0. The summed E-state index contributed by atoms with van der Waals surface area (Å²) in [6, 6.07) is 5.77. The van der Waals surface area contributed by atoms with Gasteiger partial charge in [0.15, 0.2) is 5.76 Å². The Bertz CT molecular complexity index is 1030. The predicted molar refractivity (Wildman–Crippen MR) is 111 cm³/mol. The van der Waals surface area contributed by atoms with Gasteiger partial charge in [-0.15, -0.1) is 0 Å². The molecule has 0 N–H and O–H groups in total. The van der Waals surface area contributed by atoms with Gasteiger partial charge in [-0.25, -0.2) is 14.6 Å². The van der Waals surface area contributed by atoms with Gasteiger partial charge in [0.05, 0.1) is 23.7 Å². The number of aromatic nitrogens is 4. The van der Waals surface area contributed by atoms with E-state index in [-0.39, 0.29) is 11.9 Å². The molecule has 1 saturated carbocycles. The molecule has 2 fully saturated rings. The van der Waals surface area contributed by atoms with Gasteiger partial charge in [0, 0.05) is 25.2 Å². The lowest BCUT2D eigenvalue weighted by molar-refractivity contribution is 0.0658. The summed E-state index contributed by atoms with van der Waals surface area (Å²) in [4.78, 5) is 26.7. The Morgan fingerprint density at radius 2 is 2.00 bits per heavy atom. The summed E-state index contributed by atoms with van der Waals surface area (Å²) in [6.45, 7) is 2.04. The fourth-order valence-corrected chi connectivity index (χ4v) is 4.18. The van der Waals surface area contributed by atoms with Crippen molar-refractivity contribution in [3.8, 4) is 17.4 Å². The van der Waals surface area contributed by atoms with Crippen LogP contribution in [0.25, 0.3) is 17.4 Å². The third-order valence-corrected chi connectivity index (χ3v) is 6.16. The molecule has 4 heterocycles. The quantitative estimate of drug-likeness (QED) is 0.648. The second kappa shape index (κ2) is 7.68. The van der Waals surface area contributed by atoms with E-state index in [1.807, 2.05) is 30.1 Å². The number of carbonyl (C=O) groups is 1. The first-order chi connectivity index (χ1) is 14.6. The molecule has 0 radical (unpaired) electrons. The largest absolute Gasteiger partial charge is 0.463 e. The highest BCUT2D eigenvalue weighted by Crippen LogP contribution is 2.42. The fourth-order valence-electron chi connectivity index (χ4n) is 4.18. The highest BCUT2D eigenvalue weighted by atomic mass is 16.3. The number of piperidine rings is 1. The molecule has 0 spiro atoms. The molecule has 3 aromatic heterocycles. The van der Waals surface area contributed by atoms with Crippen LogP contribution in [0.15, 0.2) is 41.3 Å². The standard InChI is InChI=1S/C22H26N6O2/c1-26-11-8-16(9-12-26)27(2)21(29)17-14-24-28(20(17)15-5-6-15)22-23-10-7-18(25-22)19-4-3-13-30-19/h3-4,7,10,13-16H,5-6,8-9,11-12H2,1-2H3. The highest BCUT2D eigenvalue weighted by Gasteiger charge is 2.35. The van der Waals surface area contributed by atoms with Crippen molar-refractivity contribution in [1.29, 1.82) is 0 Å². The summed E-state index contributed by atoms with van der Waals surface area (Å²) in [5.41, 5.74) is 2.29. The molecule has 0 atom stereocenters. The number of carbonyl (C=O) groups excluding carboxylic acids is 1. The van der Waals surface area contributed by atoms with E-state index in [1.165, 1.54) is 0 Å². The molecular weight excluding hydrogens is 380 g/mol. The van der Waals surface area contributed by atoms with Gasteiger partial charge in [-0.05, 0) is 64.0 Å². The number of hydrogen-bond acceptors (Lipinski definition) is 6. The zero-order valence-electron chi connectivity index (χ0n) is 17.4. The van der Waals surface area contributed by atoms with Crippen LogP contribution in [0.2, 0.25) is 0 Å². The first-order valence-electron chi connectivity index (χ1n) is 10.5. The number of hydrogen-bond donors (Lipinski definition) is 0. The highest BCUT2D eigenvalue weighted by molar-refractivity contribution is 5.95. The Morgan fingerprint density at radius 3 is 2.70 bits per heavy atom. The molecule has 0 unspecified atom stereocenters. The number of amides is 1. The van der Waals surface area contributed by atoms with Crippen LogP contribution in [0.3, 0.4) is 0 Å². The smallest absolute Gasteiger partial charge is 0.257 e. The zero-order chi connectivity index (χ0) is 20.7. The summed E-state index contributed by atoms with van der Waals surface area (Å²) >= 11 is 0. The minimum Gasteiger partial charge on any atom is -0.463 e. The minimum absolute atomic E-state index is 0.0416. The Kier molecular flexibility index (Phi) is 4.86. The summed E-state index contributed by atoms with van der Waals surface area (Å²) in [5, 5.41) is 4.54. The molecule has 3 aromatic rings. The van der Waals surface area contributed by atoms with Gasteiger partial charge in [0.25, 0.3) is 11.9 Å². The molecular formula is C22H26N6O2. The van der Waals surface area contributed by atoms with Gasteiger partial charge < -0.3 is 14.2 Å². The second-order valence-corrected chi connectivity index (χ2v) is 8.30. The van der Waals surface area contributed by atoms with Crippen molar-refractivity contribution in [2.75, 3.05) is 27.2 Å². The van der Waals surface area contributed by atoms with Gasteiger partial charge in [-0.3, -0.25) is 4.79 Å². The van der Waals surface area contributed by atoms with Crippen LogP contribution in [-0.2, 0) is 0 Å². The number of rotatable bonds is 5. The molecule has 8 nitrogen and oxygen atoms in total. The normalized spacial score (nSPS) is 17.9. The SMILES string of the molecule is CN1CCC(N(C)C(=O)c2cnn(-c3nccc(-c4ccco4)n3)c2C2CC2)CC1. The van der Waals surface area contributed by atoms with Gasteiger partial charge in [-0.2, -0.15) is 5.10 Å². The van der Waals surface area contributed by atoms with Crippen molar-refractivity contribution in [2.45, 2.75) is 37.6 Å². The number of likely N-dealkylation sites (tertiary alicyclic amines) is 1. The van der Waals surface area contributed by atoms with Crippen molar-refractivity contribution >= 4 is 5.91 Å². The van der Waals surface area contributed by atoms with Gasteiger partial charge >= 0.3 is 0 Å². The predicted octanol–water partition coefficient (Wildman–Crippen LogP) is 2.97. The van der Waals surface area contributed by atoms with Crippen molar-refractivity contribution in [3.05, 3.63) is 48.1 Å². The molecule has 156 valence electrons.